The average molecular weight is 639 g/mol. The molecule has 4 aromatic carbocycles. The summed E-state index contributed by atoms with van der Waals surface area (Å²) in [6.45, 7) is 3.34. The molecule has 5 aromatic rings. The smallest absolute Gasteiger partial charge is 0.330 e. The van der Waals surface area contributed by atoms with Crippen molar-refractivity contribution in [2.45, 2.75) is 49.2 Å². The van der Waals surface area contributed by atoms with Gasteiger partial charge < -0.3 is 9.47 Å². The molecule has 3 atom stereocenters. The Morgan fingerprint density at radius 3 is 1.85 bits per heavy atom. The first-order valence-corrected chi connectivity index (χ1v) is 16.4. The quantitative estimate of drug-likeness (QED) is 0.165. The van der Waals surface area contributed by atoms with Crippen molar-refractivity contribution in [2.24, 2.45) is 0 Å². The summed E-state index contributed by atoms with van der Waals surface area (Å²) in [7, 11) is -4.22. The molecule has 1 saturated heterocycles. The monoisotopic (exact) mass is 638 g/mol. The van der Waals surface area contributed by atoms with E-state index in [4.69, 9.17) is 13.7 Å². The van der Waals surface area contributed by atoms with Gasteiger partial charge in [0.2, 0.25) is 0 Å². The minimum absolute atomic E-state index is 0.00507. The summed E-state index contributed by atoms with van der Waals surface area (Å²) >= 11 is 0. The second-order valence-electron chi connectivity index (χ2n) is 11.3. The highest BCUT2D eigenvalue weighted by molar-refractivity contribution is 7.86. The molecule has 2 heterocycles. The normalized spacial score (nSPS) is 18.4. The summed E-state index contributed by atoms with van der Waals surface area (Å²) in [5, 5.41) is 0. The number of aromatic amines is 1. The molecule has 0 aliphatic carbocycles. The Morgan fingerprint density at radius 2 is 1.33 bits per heavy atom. The van der Waals surface area contributed by atoms with E-state index >= 15 is 0 Å². The van der Waals surface area contributed by atoms with Crippen molar-refractivity contribution in [1.82, 2.24) is 9.55 Å². The summed E-state index contributed by atoms with van der Waals surface area (Å²) in [5.41, 5.74) is 1.52. The predicted molar refractivity (Wildman–Crippen MR) is 173 cm³/mol. The van der Waals surface area contributed by atoms with E-state index in [-0.39, 0.29) is 17.9 Å². The molecule has 0 amide bonds. The van der Waals surface area contributed by atoms with Crippen LogP contribution in [0.2, 0.25) is 0 Å². The fourth-order valence-corrected chi connectivity index (χ4v) is 6.93. The zero-order chi connectivity index (χ0) is 32.3. The molecule has 236 valence electrons. The molecular weight excluding hydrogens is 604 g/mol. The van der Waals surface area contributed by atoms with Gasteiger partial charge in [-0.2, -0.15) is 8.42 Å². The van der Waals surface area contributed by atoms with Crippen LogP contribution in [0.1, 0.15) is 40.5 Å². The number of H-pyrrole nitrogens is 1. The zero-order valence-corrected chi connectivity index (χ0v) is 26.2. The fraction of sp³-hybridized carbons (Fsp3) is 0.222. The van der Waals surface area contributed by atoms with Crippen molar-refractivity contribution in [3.63, 3.8) is 0 Å². The molecule has 1 aromatic heterocycles. The maximum Gasteiger partial charge on any atom is 0.330 e. The topological polar surface area (TPSA) is 117 Å². The van der Waals surface area contributed by atoms with Crippen LogP contribution in [-0.4, -0.2) is 36.8 Å². The summed E-state index contributed by atoms with van der Waals surface area (Å²) in [6, 6.07) is 35.7. The van der Waals surface area contributed by atoms with Gasteiger partial charge in [0.15, 0.2) is 0 Å². The molecule has 0 saturated carbocycles. The van der Waals surface area contributed by atoms with Gasteiger partial charge >= 0.3 is 5.69 Å². The predicted octanol–water partition coefficient (Wildman–Crippen LogP) is 5.22. The van der Waals surface area contributed by atoms with E-state index in [1.54, 1.807) is 19.1 Å². The second kappa shape index (κ2) is 13.0. The lowest BCUT2D eigenvalue weighted by molar-refractivity contribution is -0.0911. The van der Waals surface area contributed by atoms with Gasteiger partial charge in [0.1, 0.15) is 24.0 Å². The zero-order valence-electron chi connectivity index (χ0n) is 25.4. The molecule has 1 N–H and O–H groups in total. The third-order valence-electron chi connectivity index (χ3n) is 8.20. The Kier molecular flexibility index (Phi) is 8.88. The Bertz CT molecular complexity index is 1910. The molecule has 0 unspecified atom stereocenters. The van der Waals surface area contributed by atoms with Crippen molar-refractivity contribution in [2.75, 3.05) is 6.61 Å². The number of nitrogens with one attached hydrogen (secondary N) is 1. The second-order valence-corrected chi connectivity index (χ2v) is 12.9. The maximum atomic E-state index is 13.5. The van der Waals surface area contributed by atoms with Crippen LogP contribution in [-0.2, 0) is 29.4 Å². The highest BCUT2D eigenvalue weighted by Gasteiger charge is 2.44. The van der Waals surface area contributed by atoms with Gasteiger partial charge in [0.25, 0.3) is 15.7 Å². The molecule has 1 fully saturated rings. The molecule has 9 nitrogen and oxygen atoms in total. The number of benzene rings is 4. The van der Waals surface area contributed by atoms with Gasteiger partial charge in [-0.15, -0.1) is 0 Å². The third kappa shape index (κ3) is 6.25. The van der Waals surface area contributed by atoms with Crippen LogP contribution in [0.25, 0.3) is 0 Å². The number of aromatic nitrogens is 2. The number of nitrogens with zero attached hydrogens (tertiary/aromatic N) is 1. The highest BCUT2D eigenvalue weighted by atomic mass is 32.2. The lowest BCUT2D eigenvalue weighted by Crippen LogP contribution is -2.39. The summed E-state index contributed by atoms with van der Waals surface area (Å²) in [6.07, 6.45) is -1.44. The third-order valence-corrected chi connectivity index (χ3v) is 9.55. The maximum absolute atomic E-state index is 13.5. The Hall–Kier alpha value is -4.61. The minimum atomic E-state index is -4.22. The Morgan fingerprint density at radius 1 is 0.804 bits per heavy atom. The lowest BCUT2D eigenvalue weighted by atomic mass is 9.80. The van der Waals surface area contributed by atoms with Gasteiger partial charge in [-0.05, 0) is 42.7 Å². The van der Waals surface area contributed by atoms with E-state index < -0.39 is 45.4 Å². The van der Waals surface area contributed by atoms with E-state index in [9.17, 15) is 18.0 Å². The Balaban J connectivity index is 1.41. The largest absolute Gasteiger partial charge is 0.358 e. The van der Waals surface area contributed by atoms with Gasteiger partial charge in [-0.25, -0.2) is 4.79 Å². The van der Waals surface area contributed by atoms with Gasteiger partial charge in [0.05, 0.1) is 11.5 Å². The van der Waals surface area contributed by atoms with Crippen molar-refractivity contribution in [1.29, 1.82) is 0 Å². The first kappa shape index (κ1) is 31.4. The van der Waals surface area contributed by atoms with Crippen LogP contribution >= 0.6 is 0 Å². The van der Waals surface area contributed by atoms with Crippen LogP contribution in [0.5, 0.6) is 0 Å². The molecule has 0 spiro atoms. The molecule has 0 bridgehead atoms. The summed E-state index contributed by atoms with van der Waals surface area (Å²) in [4.78, 5) is 27.2. The first-order valence-electron chi connectivity index (χ1n) is 15.0. The van der Waals surface area contributed by atoms with E-state index in [2.05, 4.69) is 4.98 Å². The minimum Gasteiger partial charge on any atom is -0.358 e. The molecular formula is C36H34N2O7S. The van der Waals surface area contributed by atoms with Gasteiger partial charge in [0, 0.05) is 18.2 Å². The van der Waals surface area contributed by atoms with Crippen molar-refractivity contribution < 1.29 is 22.1 Å². The van der Waals surface area contributed by atoms with Crippen LogP contribution in [0.4, 0.5) is 0 Å². The van der Waals surface area contributed by atoms with Crippen molar-refractivity contribution >= 4 is 10.1 Å². The SMILES string of the molecule is Cc1ccc(S(=O)(=O)O[C@H]2C[C@H](n3cc(C)c(=O)[nH]c3=O)O[C@@H]2COC(c2ccccc2)(c2ccccc2)c2ccccc2)cc1. The van der Waals surface area contributed by atoms with E-state index in [1.165, 1.54) is 22.9 Å². The van der Waals surface area contributed by atoms with Crippen LogP contribution in [0.3, 0.4) is 0 Å². The number of ether oxygens (including phenoxy) is 2. The van der Waals surface area contributed by atoms with Crippen LogP contribution in [0.15, 0.2) is 136 Å². The molecule has 1 aliphatic rings. The van der Waals surface area contributed by atoms with E-state index in [0.29, 0.717) is 5.56 Å². The standard InChI is InChI=1S/C36H34N2O7S/c1-25-18-20-30(21-19-25)46(41,42)45-31-22-33(38-23-26(2)34(39)37-35(38)40)44-32(31)24-43-36(27-12-6-3-7-13-27,28-14-8-4-9-15-28)29-16-10-5-11-17-29/h3-21,23,31-33H,22,24H2,1-2H3,(H,37,39,40)/t31-,32+,33+/m0/s1. The molecule has 46 heavy (non-hydrogen) atoms. The average Bonchev–Trinajstić information content (AvgIpc) is 3.46. The molecule has 10 heteroatoms. The summed E-state index contributed by atoms with van der Waals surface area (Å²) in [5.74, 6) is 0. The summed E-state index contributed by atoms with van der Waals surface area (Å²) < 4.78 is 47.4. The van der Waals surface area contributed by atoms with Crippen LogP contribution in [0, 0.1) is 13.8 Å². The van der Waals surface area contributed by atoms with Gasteiger partial charge in [-0.3, -0.25) is 18.5 Å². The first-order chi connectivity index (χ1) is 22.2. The fourth-order valence-electron chi connectivity index (χ4n) is 5.82. The lowest BCUT2D eigenvalue weighted by Gasteiger charge is -2.37. The molecule has 1 aliphatic heterocycles. The number of aryl methyl sites for hydroxylation is 2. The van der Waals surface area contributed by atoms with E-state index in [1.807, 2.05) is 97.9 Å². The number of rotatable bonds is 10. The molecule has 0 radical (unpaired) electrons. The number of hydrogen-bond acceptors (Lipinski definition) is 7. The van der Waals surface area contributed by atoms with Gasteiger partial charge in [-0.1, -0.05) is 109 Å². The highest BCUT2D eigenvalue weighted by Crippen LogP contribution is 2.42. The van der Waals surface area contributed by atoms with Crippen LogP contribution < -0.4 is 11.2 Å². The van der Waals surface area contributed by atoms with E-state index in [0.717, 1.165) is 22.3 Å². The number of hydrogen-bond donors (Lipinski definition) is 1. The molecule has 6 rings (SSSR count). The van der Waals surface area contributed by atoms with Crippen molar-refractivity contribution in [3.05, 3.63) is 170 Å². The Labute approximate surface area is 267 Å². The van der Waals surface area contributed by atoms with Crippen molar-refractivity contribution in [3.8, 4) is 0 Å².